The van der Waals surface area contributed by atoms with E-state index in [-0.39, 0.29) is 17.2 Å². The van der Waals surface area contributed by atoms with Crippen LogP contribution < -0.4 is 10.6 Å². The van der Waals surface area contributed by atoms with Crippen LogP contribution in [-0.4, -0.2) is 42.2 Å². The van der Waals surface area contributed by atoms with Gasteiger partial charge in [-0.3, -0.25) is 0 Å². The fourth-order valence-corrected chi connectivity index (χ4v) is 5.01. The van der Waals surface area contributed by atoms with Crippen molar-refractivity contribution in [1.82, 2.24) is 9.97 Å². The fraction of sp³-hybridized carbons (Fsp3) is 0.476. The van der Waals surface area contributed by atoms with E-state index < -0.39 is 5.97 Å². The first-order valence-electron chi connectivity index (χ1n) is 9.85. The zero-order chi connectivity index (χ0) is 20.6. The Morgan fingerprint density at radius 3 is 2.69 bits per heavy atom. The molecule has 0 amide bonds. The molecule has 1 atom stereocenters. The number of aromatic nitrogens is 2. The van der Waals surface area contributed by atoms with Gasteiger partial charge in [-0.15, -0.1) is 0 Å². The number of hydrogen-bond donors (Lipinski definition) is 1. The third-order valence-corrected chi connectivity index (χ3v) is 7.22. The standard InChI is InChI=1S/C21H24Cl2N4O2/c1-29-20(28)19-18(13-4-2-5-14(22)17(13)23)25-12-16(26-19)27-10-8-21(9-11-27)7-3-6-15(21)24/h2,4-5,12,15H,3,6-11,24H2,1H3/t15-/m1/s1. The molecule has 29 heavy (non-hydrogen) atoms. The van der Waals surface area contributed by atoms with Gasteiger partial charge in [0.25, 0.3) is 0 Å². The lowest BCUT2D eigenvalue weighted by molar-refractivity contribution is 0.0594. The van der Waals surface area contributed by atoms with Crippen LogP contribution >= 0.6 is 23.2 Å². The van der Waals surface area contributed by atoms with E-state index in [1.54, 1.807) is 24.4 Å². The van der Waals surface area contributed by atoms with E-state index in [0.717, 1.165) is 32.4 Å². The lowest BCUT2D eigenvalue weighted by Crippen LogP contribution is -2.47. The van der Waals surface area contributed by atoms with Crippen molar-refractivity contribution >= 4 is 35.0 Å². The SMILES string of the molecule is COC(=O)c1nc(N2CCC3(CCC[C@H]3N)CC2)cnc1-c1cccc(Cl)c1Cl. The van der Waals surface area contributed by atoms with E-state index >= 15 is 0 Å². The molecule has 1 saturated carbocycles. The Kier molecular flexibility index (Phi) is 5.69. The number of carbonyl (C=O) groups is 1. The van der Waals surface area contributed by atoms with Gasteiger partial charge in [0.15, 0.2) is 5.69 Å². The maximum absolute atomic E-state index is 12.4. The van der Waals surface area contributed by atoms with Gasteiger partial charge in [0.1, 0.15) is 11.5 Å². The van der Waals surface area contributed by atoms with Gasteiger partial charge < -0.3 is 15.4 Å². The number of anilines is 1. The van der Waals surface area contributed by atoms with E-state index in [4.69, 9.17) is 33.7 Å². The number of benzene rings is 1. The predicted octanol–water partition coefficient (Wildman–Crippen LogP) is 4.33. The fourth-order valence-electron chi connectivity index (χ4n) is 4.62. The maximum Gasteiger partial charge on any atom is 0.359 e. The van der Waals surface area contributed by atoms with Gasteiger partial charge in [0, 0.05) is 24.7 Å². The van der Waals surface area contributed by atoms with Crippen LogP contribution in [0.4, 0.5) is 5.82 Å². The van der Waals surface area contributed by atoms with Gasteiger partial charge in [-0.1, -0.05) is 41.8 Å². The lowest BCUT2D eigenvalue weighted by Gasteiger charge is -2.42. The van der Waals surface area contributed by atoms with Gasteiger partial charge in [-0.05, 0) is 37.2 Å². The number of methoxy groups -OCH3 is 1. The van der Waals surface area contributed by atoms with Crippen molar-refractivity contribution in [2.45, 2.75) is 38.1 Å². The summed E-state index contributed by atoms with van der Waals surface area (Å²) in [5, 5.41) is 0.719. The number of ether oxygens (including phenoxy) is 1. The van der Waals surface area contributed by atoms with Crippen LogP contribution in [0.25, 0.3) is 11.3 Å². The molecule has 2 aliphatic rings. The summed E-state index contributed by atoms with van der Waals surface area (Å²) in [6, 6.07) is 5.49. The summed E-state index contributed by atoms with van der Waals surface area (Å²) in [6.45, 7) is 1.69. The number of esters is 1. The molecular weight excluding hydrogens is 411 g/mol. The third-order valence-electron chi connectivity index (χ3n) is 6.40. The smallest absolute Gasteiger partial charge is 0.359 e. The molecule has 1 saturated heterocycles. The molecule has 1 spiro atoms. The molecule has 4 rings (SSSR count). The Morgan fingerprint density at radius 1 is 1.28 bits per heavy atom. The monoisotopic (exact) mass is 434 g/mol. The molecule has 0 unspecified atom stereocenters. The van der Waals surface area contributed by atoms with Crippen LogP contribution in [0.1, 0.15) is 42.6 Å². The molecule has 2 N–H and O–H groups in total. The summed E-state index contributed by atoms with van der Waals surface area (Å²) in [6.07, 6.45) is 7.28. The van der Waals surface area contributed by atoms with E-state index in [1.807, 2.05) is 0 Å². The minimum Gasteiger partial charge on any atom is -0.464 e. The van der Waals surface area contributed by atoms with Crippen LogP contribution in [0.2, 0.25) is 10.0 Å². The molecule has 1 aromatic carbocycles. The number of hydrogen-bond acceptors (Lipinski definition) is 6. The van der Waals surface area contributed by atoms with Crippen molar-refractivity contribution < 1.29 is 9.53 Å². The quantitative estimate of drug-likeness (QED) is 0.723. The average Bonchev–Trinajstić information content (AvgIpc) is 3.09. The maximum atomic E-state index is 12.4. The molecule has 154 valence electrons. The molecular formula is C21H24Cl2N4O2. The van der Waals surface area contributed by atoms with Crippen LogP contribution in [0.15, 0.2) is 24.4 Å². The number of nitrogens with zero attached hydrogens (tertiary/aromatic N) is 3. The summed E-state index contributed by atoms with van der Waals surface area (Å²) in [5.74, 6) is 0.102. The third kappa shape index (κ3) is 3.69. The number of nitrogens with two attached hydrogens (primary N) is 1. The van der Waals surface area contributed by atoms with Crippen molar-refractivity contribution in [3.05, 3.63) is 40.1 Å². The largest absolute Gasteiger partial charge is 0.464 e. The second-order valence-electron chi connectivity index (χ2n) is 7.87. The Balaban J connectivity index is 1.65. The number of rotatable bonds is 3. The first-order chi connectivity index (χ1) is 13.9. The molecule has 0 radical (unpaired) electrons. The molecule has 2 heterocycles. The molecule has 0 bridgehead atoms. The van der Waals surface area contributed by atoms with Crippen molar-refractivity contribution in [2.75, 3.05) is 25.1 Å². The summed E-state index contributed by atoms with van der Waals surface area (Å²) >= 11 is 12.5. The molecule has 2 aromatic rings. The minimum absolute atomic E-state index is 0.132. The summed E-state index contributed by atoms with van der Waals surface area (Å²) in [4.78, 5) is 23.7. The van der Waals surface area contributed by atoms with Gasteiger partial charge in [0.05, 0.1) is 23.4 Å². The Morgan fingerprint density at radius 2 is 2.03 bits per heavy atom. The van der Waals surface area contributed by atoms with Gasteiger partial charge in [-0.2, -0.15) is 0 Å². The summed E-state index contributed by atoms with van der Waals surface area (Å²) < 4.78 is 4.95. The van der Waals surface area contributed by atoms with Crippen molar-refractivity contribution in [3.63, 3.8) is 0 Å². The molecule has 1 aliphatic carbocycles. The second-order valence-corrected chi connectivity index (χ2v) is 8.65. The number of halogens is 2. The highest BCUT2D eigenvalue weighted by Gasteiger charge is 2.43. The number of piperidine rings is 1. The Bertz CT molecular complexity index is 929. The molecule has 8 heteroatoms. The van der Waals surface area contributed by atoms with E-state index in [9.17, 15) is 4.79 Å². The van der Waals surface area contributed by atoms with Crippen LogP contribution in [-0.2, 0) is 4.74 Å². The molecule has 1 aromatic heterocycles. The van der Waals surface area contributed by atoms with Gasteiger partial charge in [0.2, 0.25) is 0 Å². The Hall–Kier alpha value is -1.89. The molecule has 6 nitrogen and oxygen atoms in total. The van der Waals surface area contributed by atoms with E-state index in [2.05, 4.69) is 14.9 Å². The normalized spacial score (nSPS) is 20.8. The van der Waals surface area contributed by atoms with Crippen molar-refractivity contribution in [2.24, 2.45) is 11.1 Å². The van der Waals surface area contributed by atoms with Crippen LogP contribution in [0.3, 0.4) is 0 Å². The highest BCUT2D eigenvalue weighted by molar-refractivity contribution is 6.43. The first kappa shape index (κ1) is 20.4. The van der Waals surface area contributed by atoms with Crippen LogP contribution in [0, 0.1) is 5.41 Å². The zero-order valence-electron chi connectivity index (χ0n) is 16.3. The summed E-state index contributed by atoms with van der Waals surface area (Å²) in [7, 11) is 1.33. The highest BCUT2D eigenvalue weighted by atomic mass is 35.5. The topological polar surface area (TPSA) is 81.3 Å². The van der Waals surface area contributed by atoms with E-state index in [0.29, 0.717) is 27.1 Å². The van der Waals surface area contributed by atoms with Crippen molar-refractivity contribution in [3.8, 4) is 11.3 Å². The highest BCUT2D eigenvalue weighted by Crippen LogP contribution is 2.46. The van der Waals surface area contributed by atoms with Gasteiger partial charge >= 0.3 is 5.97 Å². The van der Waals surface area contributed by atoms with Gasteiger partial charge in [-0.25, -0.2) is 14.8 Å². The molecule has 2 fully saturated rings. The first-order valence-corrected chi connectivity index (χ1v) is 10.6. The average molecular weight is 435 g/mol. The minimum atomic E-state index is -0.559. The van der Waals surface area contributed by atoms with Crippen molar-refractivity contribution in [1.29, 1.82) is 0 Å². The predicted molar refractivity (Wildman–Crippen MR) is 115 cm³/mol. The zero-order valence-corrected chi connectivity index (χ0v) is 17.8. The molecule has 1 aliphatic heterocycles. The second kappa shape index (κ2) is 8.09. The lowest BCUT2D eigenvalue weighted by atomic mass is 9.74. The number of carbonyl (C=O) groups excluding carboxylic acids is 1. The Labute approximate surface area is 180 Å². The summed E-state index contributed by atoms with van der Waals surface area (Å²) in [5.41, 5.74) is 7.68. The van der Waals surface area contributed by atoms with Crippen LogP contribution in [0.5, 0.6) is 0 Å². The van der Waals surface area contributed by atoms with E-state index in [1.165, 1.54) is 20.0 Å².